The minimum Gasteiger partial charge on any atom is -0.503 e. The molecule has 1 N–H and O–H groups in total. The summed E-state index contributed by atoms with van der Waals surface area (Å²) in [5, 5.41) is 10.0. The van der Waals surface area contributed by atoms with Crippen LogP contribution in [0.1, 0.15) is 18.5 Å². The van der Waals surface area contributed by atoms with Gasteiger partial charge in [0.1, 0.15) is 12.3 Å². The average molecular weight is 319 g/mol. The van der Waals surface area contributed by atoms with Crippen molar-refractivity contribution in [3.63, 3.8) is 0 Å². The van der Waals surface area contributed by atoms with E-state index < -0.39 is 29.5 Å². The zero-order valence-corrected chi connectivity index (χ0v) is 13.0. The average Bonchev–Trinajstić information content (AvgIpc) is 2.79. The topological polar surface area (TPSA) is 93.1 Å². The molecule has 0 aliphatic carbocycles. The van der Waals surface area contributed by atoms with Crippen LogP contribution in [0.15, 0.2) is 35.6 Å². The summed E-state index contributed by atoms with van der Waals surface area (Å²) in [6, 6.07) is 5.87. The molecule has 1 aromatic rings. The summed E-state index contributed by atoms with van der Waals surface area (Å²) in [6.07, 6.45) is 0. The Kier molecular flexibility index (Phi) is 4.68. The summed E-state index contributed by atoms with van der Waals surface area (Å²) in [5.74, 6) is -2.00. The van der Waals surface area contributed by atoms with Crippen LogP contribution < -0.4 is 4.74 Å². The van der Waals surface area contributed by atoms with Crippen molar-refractivity contribution in [2.75, 3.05) is 20.8 Å². The molecule has 0 aromatic heterocycles. The lowest BCUT2D eigenvalue weighted by Crippen LogP contribution is -2.36. The smallest absolute Gasteiger partial charge is 0.325 e. The van der Waals surface area contributed by atoms with Crippen molar-refractivity contribution in [1.82, 2.24) is 4.90 Å². The van der Waals surface area contributed by atoms with Crippen molar-refractivity contribution in [3.05, 3.63) is 41.2 Å². The zero-order valence-electron chi connectivity index (χ0n) is 13.0. The third-order valence-electron chi connectivity index (χ3n) is 3.62. The van der Waals surface area contributed by atoms with Crippen molar-refractivity contribution in [3.8, 4) is 5.75 Å². The maximum atomic E-state index is 12.2. The molecule has 1 aromatic carbocycles. The Morgan fingerprint density at radius 2 is 2.00 bits per heavy atom. The minimum absolute atomic E-state index is 0.0489. The SMILES string of the molecule is COC(=O)CN1C(=O)C(O)=C(C(C)=O)[C@@H]1c1cccc(OC)c1. The molecule has 2 rings (SSSR count). The van der Waals surface area contributed by atoms with Gasteiger partial charge in [-0.1, -0.05) is 12.1 Å². The molecule has 1 amide bonds. The molecule has 0 radical (unpaired) electrons. The van der Waals surface area contributed by atoms with Crippen LogP contribution in [0.4, 0.5) is 0 Å². The lowest BCUT2D eigenvalue weighted by Gasteiger charge is -2.25. The Morgan fingerprint density at radius 3 is 2.57 bits per heavy atom. The van der Waals surface area contributed by atoms with Gasteiger partial charge in [0.15, 0.2) is 11.5 Å². The first-order chi connectivity index (χ1) is 10.9. The number of aliphatic hydroxyl groups is 1. The number of amides is 1. The van der Waals surface area contributed by atoms with Gasteiger partial charge in [0.2, 0.25) is 0 Å². The quantitative estimate of drug-likeness (QED) is 0.818. The molecule has 1 aliphatic heterocycles. The number of carbonyl (C=O) groups excluding carboxylic acids is 3. The van der Waals surface area contributed by atoms with E-state index in [2.05, 4.69) is 4.74 Å². The van der Waals surface area contributed by atoms with E-state index in [4.69, 9.17) is 4.74 Å². The van der Waals surface area contributed by atoms with E-state index in [1.54, 1.807) is 24.3 Å². The number of methoxy groups -OCH3 is 2. The Bertz CT molecular complexity index is 694. The third kappa shape index (κ3) is 3.03. The van der Waals surface area contributed by atoms with Gasteiger partial charge in [-0.3, -0.25) is 14.4 Å². The highest BCUT2D eigenvalue weighted by Gasteiger charge is 2.43. The van der Waals surface area contributed by atoms with Crippen LogP contribution in [0.2, 0.25) is 0 Å². The second-order valence-electron chi connectivity index (χ2n) is 5.01. The van der Waals surface area contributed by atoms with Crippen LogP contribution in [0.3, 0.4) is 0 Å². The molecule has 7 nitrogen and oxygen atoms in total. The normalized spacial score (nSPS) is 17.4. The van der Waals surface area contributed by atoms with E-state index in [0.717, 1.165) is 4.90 Å². The van der Waals surface area contributed by atoms with E-state index in [1.807, 2.05) is 0 Å². The van der Waals surface area contributed by atoms with Gasteiger partial charge in [0.25, 0.3) is 5.91 Å². The summed E-state index contributed by atoms with van der Waals surface area (Å²) in [4.78, 5) is 36.8. The fourth-order valence-corrected chi connectivity index (χ4v) is 2.54. The predicted octanol–water partition coefficient (Wildman–Crippen LogP) is 1.15. The second kappa shape index (κ2) is 6.51. The van der Waals surface area contributed by atoms with Gasteiger partial charge in [-0.05, 0) is 24.6 Å². The summed E-state index contributed by atoms with van der Waals surface area (Å²) in [5.41, 5.74) is 0.503. The molecular formula is C16H17NO6. The van der Waals surface area contributed by atoms with Crippen LogP contribution in [0, 0.1) is 0 Å². The Labute approximate surface area is 133 Å². The summed E-state index contributed by atoms with van der Waals surface area (Å²) in [6.45, 7) is 0.881. The molecule has 7 heteroatoms. The van der Waals surface area contributed by atoms with Gasteiger partial charge in [0.05, 0.1) is 25.8 Å². The first-order valence-electron chi connectivity index (χ1n) is 6.86. The number of benzene rings is 1. The van der Waals surface area contributed by atoms with Crippen LogP contribution in [0.25, 0.3) is 0 Å². The maximum absolute atomic E-state index is 12.2. The van der Waals surface area contributed by atoms with E-state index in [1.165, 1.54) is 21.1 Å². The molecule has 0 unspecified atom stereocenters. The highest BCUT2D eigenvalue weighted by Crippen LogP contribution is 2.38. The Balaban J connectivity index is 2.53. The molecule has 122 valence electrons. The summed E-state index contributed by atoms with van der Waals surface area (Å²) >= 11 is 0. The minimum atomic E-state index is -0.866. The number of nitrogens with zero attached hydrogens (tertiary/aromatic N) is 1. The first kappa shape index (κ1) is 16.5. The lowest BCUT2D eigenvalue weighted by atomic mass is 9.96. The number of carbonyl (C=O) groups is 3. The standard InChI is InChI=1S/C16H17NO6/c1-9(18)13-14(10-5-4-6-11(7-10)22-2)17(8-12(19)23-3)16(21)15(13)20/h4-7,14,20H,8H2,1-3H3/t14-/m0/s1. The number of Topliss-reactive ketones (excluding diaryl/α,β-unsaturated/α-hetero) is 1. The van der Waals surface area contributed by atoms with Crippen LogP contribution in [-0.4, -0.2) is 48.4 Å². The fraction of sp³-hybridized carbons (Fsp3) is 0.312. The molecule has 1 aliphatic rings. The van der Waals surface area contributed by atoms with E-state index in [0.29, 0.717) is 11.3 Å². The van der Waals surface area contributed by atoms with Crippen LogP contribution in [0.5, 0.6) is 5.75 Å². The lowest BCUT2D eigenvalue weighted by molar-refractivity contribution is -0.146. The predicted molar refractivity (Wildman–Crippen MR) is 79.8 cm³/mol. The van der Waals surface area contributed by atoms with Gasteiger partial charge in [-0.2, -0.15) is 0 Å². The molecule has 23 heavy (non-hydrogen) atoms. The molecule has 1 heterocycles. The largest absolute Gasteiger partial charge is 0.503 e. The molecule has 0 saturated heterocycles. The maximum Gasteiger partial charge on any atom is 0.325 e. The number of hydrogen-bond donors (Lipinski definition) is 1. The molecular weight excluding hydrogens is 302 g/mol. The van der Waals surface area contributed by atoms with E-state index in [9.17, 15) is 19.5 Å². The van der Waals surface area contributed by atoms with Gasteiger partial charge in [0, 0.05) is 0 Å². The van der Waals surface area contributed by atoms with Gasteiger partial charge < -0.3 is 19.5 Å². The number of esters is 1. The van der Waals surface area contributed by atoms with Crippen molar-refractivity contribution in [2.45, 2.75) is 13.0 Å². The van der Waals surface area contributed by atoms with Crippen LogP contribution >= 0.6 is 0 Å². The number of hydrogen-bond acceptors (Lipinski definition) is 6. The monoisotopic (exact) mass is 319 g/mol. The second-order valence-corrected chi connectivity index (χ2v) is 5.01. The zero-order chi connectivity index (χ0) is 17.1. The van der Waals surface area contributed by atoms with Crippen molar-refractivity contribution in [1.29, 1.82) is 0 Å². The van der Waals surface area contributed by atoms with Crippen molar-refractivity contribution in [2.24, 2.45) is 0 Å². The highest BCUT2D eigenvalue weighted by atomic mass is 16.5. The highest BCUT2D eigenvalue weighted by molar-refractivity contribution is 6.08. The van der Waals surface area contributed by atoms with Crippen LogP contribution in [-0.2, 0) is 19.1 Å². The fourth-order valence-electron chi connectivity index (χ4n) is 2.54. The molecule has 1 atom stereocenters. The van der Waals surface area contributed by atoms with Crippen molar-refractivity contribution >= 4 is 17.7 Å². The molecule has 0 bridgehead atoms. The van der Waals surface area contributed by atoms with Gasteiger partial charge in [-0.15, -0.1) is 0 Å². The molecule has 0 saturated carbocycles. The third-order valence-corrected chi connectivity index (χ3v) is 3.62. The number of rotatable bonds is 5. The van der Waals surface area contributed by atoms with E-state index >= 15 is 0 Å². The Hall–Kier alpha value is -2.83. The summed E-state index contributed by atoms with van der Waals surface area (Å²) in [7, 11) is 2.69. The molecule has 0 fully saturated rings. The first-order valence-corrected chi connectivity index (χ1v) is 6.86. The Morgan fingerprint density at radius 1 is 1.30 bits per heavy atom. The van der Waals surface area contributed by atoms with Gasteiger partial charge >= 0.3 is 5.97 Å². The number of ether oxygens (including phenoxy) is 2. The number of aliphatic hydroxyl groups excluding tert-OH is 1. The molecule has 0 spiro atoms. The number of ketones is 1. The van der Waals surface area contributed by atoms with E-state index in [-0.39, 0.29) is 12.1 Å². The summed E-state index contributed by atoms with van der Waals surface area (Å²) < 4.78 is 9.72. The van der Waals surface area contributed by atoms with Gasteiger partial charge in [-0.25, -0.2) is 0 Å². The van der Waals surface area contributed by atoms with Crippen molar-refractivity contribution < 1.29 is 29.0 Å².